The molecule has 0 spiro atoms. The number of H-pyrrole nitrogens is 1. The van der Waals surface area contributed by atoms with E-state index in [0.717, 1.165) is 15.8 Å². The molecule has 0 saturated carbocycles. The fourth-order valence-electron chi connectivity index (χ4n) is 1.55. The molecule has 2 aromatic rings. The molecule has 0 fully saturated rings. The van der Waals surface area contributed by atoms with E-state index in [4.69, 9.17) is 12.2 Å². The van der Waals surface area contributed by atoms with E-state index in [1.807, 2.05) is 32.4 Å². The largest absolute Gasteiger partial charge is 0.378 e. The van der Waals surface area contributed by atoms with Crippen LogP contribution in [0.3, 0.4) is 0 Å². The SMILES string of the molecule is CN(C)c1ccc(-c2cc(=S)cc[nH]2)cc1. The molecule has 1 heterocycles. The lowest BCUT2D eigenvalue weighted by molar-refractivity contribution is 1.13. The van der Waals surface area contributed by atoms with Crippen LogP contribution in [0.1, 0.15) is 0 Å². The van der Waals surface area contributed by atoms with Crippen molar-refractivity contribution in [2.45, 2.75) is 0 Å². The van der Waals surface area contributed by atoms with Crippen LogP contribution in [0.25, 0.3) is 11.3 Å². The summed E-state index contributed by atoms with van der Waals surface area (Å²) in [7, 11) is 4.07. The van der Waals surface area contributed by atoms with Gasteiger partial charge in [-0.15, -0.1) is 0 Å². The first-order valence-corrected chi connectivity index (χ1v) is 5.54. The summed E-state index contributed by atoms with van der Waals surface area (Å²) in [5.74, 6) is 0. The van der Waals surface area contributed by atoms with Gasteiger partial charge in [-0.3, -0.25) is 0 Å². The molecule has 0 atom stereocenters. The molecule has 0 bridgehead atoms. The number of hydrogen-bond donors (Lipinski definition) is 1. The van der Waals surface area contributed by atoms with E-state index in [2.05, 4.69) is 34.1 Å². The van der Waals surface area contributed by atoms with Crippen LogP contribution in [0.2, 0.25) is 0 Å². The quantitative estimate of drug-likeness (QED) is 0.796. The molecule has 16 heavy (non-hydrogen) atoms. The second-order valence-corrected chi connectivity index (χ2v) is 4.35. The zero-order valence-electron chi connectivity index (χ0n) is 9.40. The molecule has 0 radical (unpaired) electrons. The number of nitrogens with one attached hydrogen (secondary N) is 1. The van der Waals surface area contributed by atoms with Crippen molar-refractivity contribution >= 4 is 17.9 Å². The van der Waals surface area contributed by atoms with E-state index in [-0.39, 0.29) is 0 Å². The van der Waals surface area contributed by atoms with E-state index in [1.54, 1.807) is 0 Å². The Hall–Kier alpha value is -1.61. The summed E-state index contributed by atoms with van der Waals surface area (Å²) in [6, 6.07) is 12.2. The monoisotopic (exact) mass is 230 g/mol. The van der Waals surface area contributed by atoms with Gasteiger partial charge < -0.3 is 9.88 Å². The van der Waals surface area contributed by atoms with Crippen LogP contribution in [0.15, 0.2) is 42.6 Å². The van der Waals surface area contributed by atoms with Crippen LogP contribution in [0, 0.1) is 4.51 Å². The summed E-state index contributed by atoms with van der Waals surface area (Å²) in [6.07, 6.45) is 1.87. The number of pyridine rings is 1. The van der Waals surface area contributed by atoms with E-state index in [1.165, 1.54) is 5.69 Å². The number of nitrogens with zero attached hydrogens (tertiary/aromatic N) is 1. The number of aromatic amines is 1. The average Bonchev–Trinajstić information content (AvgIpc) is 2.29. The Morgan fingerprint density at radius 1 is 1.06 bits per heavy atom. The van der Waals surface area contributed by atoms with E-state index >= 15 is 0 Å². The van der Waals surface area contributed by atoms with Crippen LogP contribution < -0.4 is 4.90 Å². The van der Waals surface area contributed by atoms with Gasteiger partial charge in [-0.1, -0.05) is 24.4 Å². The van der Waals surface area contributed by atoms with Crippen LogP contribution in [0.5, 0.6) is 0 Å². The first-order valence-electron chi connectivity index (χ1n) is 5.13. The lowest BCUT2D eigenvalue weighted by Crippen LogP contribution is -2.07. The Bertz CT molecular complexity index is 526. The van der Waals surface area contributed by atoms with Crippen LogP contribution in [0.4, 0.5) is 5.69 Å². The van der Waals surface area contributed by atoms with Gasteiger partial charge >= 0.3 is 0 Å². The molecule has 82 valence electrons. The summed E-state index contributed by atoms with van der Waals surface area (Å²) in [5.41, 5.74) is 3.40. The van der Waals surface area contributed by atoms with Crippen LogP contribution in [-0.4, -0.2) is 19.1 Å². The van der Waals surface area contributed by atoms with E-state index in [9.17, 15) is 0 Å². The zero-order valence-corrected chi connectivity index (χ0v) is 10.2. The highest BCUT2D eigenvalue weighted by Gasteiger charge is 1.98. The lowest BCUT2D eigenvalue weighted by atomic mass is 10.1. The number of rotatable bonds is 2. The van der Waals surface area contributed by atoms with Crippen LogP contribution >= 0.6 is 12.2 Å². The van der Waals surface area contributed by atoms with Gasteiger partial charge in [0.05, 0.1) is 0 Å². The molecule has 0 aliphatic heterocycles. The van der Waals surface area contributed by atoms with Gasteiger partial charge in [0.15, 0.2) is 0 Å². The summed E-state index contributed by atoms with van der Waals surface area (Å²) in [6.45, 7) is 0. The van der Waals surface area contributed by atoms with Crippen molar-refractivity contribution in [1.82, 2.24) is 4.98 Å². The van der Waals surface area contributed by atoms with Gasteiger partial charge in [0, 0.05) is 36.2 Å². The Morgan fingerprint density at radius 2 is 1.75 bits per heavy atom. The van der Waals surface area contributed by atoms with Gasteiger partial charge in [0.1, 0.15) is 0 Å². The van der Waals surface area contributed by atoms with E-state index in [0.29, 0.717) is 0 Å². The molecule has 1 aromatic carbocycles. The standard InChI is InChI=1S/C13H14N2S/c1-15(2)11-5-3-10(4-6-11)13-9-12(16)7-8-14-13/h3-9H,1-2H3,(H,14,16). The van der Waals surface area contributed by atoms with Crippen molar-refractivity contribution in [2.75, 3.05) is 19.0 Å². The van der Waals surface area contributed by atoms with Gasteiger partial charge in [0.2, 0.25) is 0 Å². The molecule has 2 rings (SSSR count). The molecular formula is C13H14N2S. The predicted molar refractivity (Wildman–Crippen MR) is 71.4 cm³/mol. The Morgan fingerprint density at radius 3 is 2.31 bits per heavy atom. The first kappa shape index (κ1) is 10.9. The highest BCUT2D eigenvalue weighted by molar-refractivity contribution is 7.71. The molecular weight excluding hydrogens is 216 g/mol. The number of anilines is 1. The number of hydrogen-bond acceptors (Lipinski definition) is 2. The highest BCUT2D eigenvalue weighted by Crippen LogP contribution is 2.20. The lowest BCUT2D eigenvalue weighted by Gasteiger charge is -2.12. The Labute approximate surface area is 101 Å². The average molecular weight is 230 g/mol. The topological polar surface area (TPSA) is 19.0 Å². The van der Waals surface area contributed by atoms with Crippen molar-refractivity contribution in [1.29, 1.82) is 0 Å². The van der Waals surface area contributed by atoms with Gasteiger partial charge in [-0.25, -0.2) is 0 Å². The molecule has 0 aliphatic carbocycles. The maximum Gasteiger partial charge on any atom is 0.0467 e. The fraction of sp³-hybridized carbons (Fsp3) is 0.154. The summed E-state index contributed by atoms with van der Waals surface area (Å²) < 4.78 is 0.852. The molecule has 3 heteroatoms. The minimum absolute atomic E-state index is 0.852. The number of aromatic nitrogens is 1. The normalized spacial score (nSPS) is 10.1. The van der Waals surface area contributed by atoms with Gasteiger partial charge in [-0.2, -0.15) is 0 Å². The molecule has 0 saturated heterocycles. The third-order valence-electron chi connectivity index (χ3n) is 2.47. The first-order chi connectivity index (χ1) is 7.66. The second kappa shape index (κ2) is 4.49. The summed E-state index contributed by atoms with van der Waals surface area (Å²) in [4.78, 5) is 5.27. The highest BCUT2D eigenvalue weighted by atomic mass is 32.1. The molecule has 1 aromatic heterocycles. The van der Waals surface area contributed by atoms with E-state index < -0.39 is 0 Å². The van der Waals surface area contributed by atoms with Crippen molar-refractivity contribution < 1.29 is 0 Å². The Kier molecular flexibility index (Phi) is 3.06. The maximum absolute atomic E-state index is 5.14. The predicted octanol–water partition coefficient (Wildman–Crippen LogP) is 3.48. The third-order valence-corrected chi connectivity index (χ3v) is 2.72. The summed E-state index contributed by atoms with van der Waals surface area (Å²) in [5, 5.41) is 0. The van der Waals surface area contributed by atoms with Crippen LogP contribution in [-0.2, 0) is 0 Å². The minimum Gasteiger partial charge on any atom is -0.378 e. The Balaban J connectivity index is 2.38. The van der Waals surface area contributed by atoms with Crippen molar-refractivity contribution in [3.63, 3.8) is 0 Å². The van der Waals surface area contributed by atoms with Gasteiger partial charge in [-0.05, 0) is 29.8 Å². The molecule has 2 nitrogen and oxygen atoms in total. The summed E-state index contributed by atoms with van der Waals surface area (Å²) >= 11 is 5.14. The number of benzene rings is 1. The molecule has 0 aliphatic rings. The van der Waals surface area contributed by atoms with Crippen molar-refractivity contribution in [3.05, 3.63) is 47.1 Å². The fourth-order valence-corrected chi connectivity index (χ4v) is 1.74. The minimum atomic E-state index is 0.852. The van der Waals surface area contributed by atoms with Gasteiger partial charge in [0.25, 0.3) is 0 Å². The van der Waals surface area contributed by atoms with Crippen molar-refractivity contribution in [2.24, 2.45) is 0 Å². The maximum atomic E-state index is 5.14. The molecule has 0 amide bonds. The molecule has 0 unspecified atom stereocenters. The molecule has 1 N–H and O–H groups in total. The van der Waals surface area contributed by atoms with Crippen molar-refractivity contribution in [3.8, 4) is 11.3 Å². The zero-order chi connectivity index (χ0) is 11.5. The third kappa shape index (κ3) is 2.31. The smallest absolute Gasteiger partial charge is 0.0467 e. The second-order valence-electron chi connectivity index (χ2n) is 3.88.